The van der Waals surface area contributed by atoms with Crippen LogP contribution in [0.1, 0.15) is 40.4 Å². The van der Waals surface area contributed by atoms with Gasteiger partial charge in [0.2, 0.25) is 5.43 Å². The molecule has 2 aromatic rings. The molecule has 1 aliphatic rings. The first-order valence-corrected chi connectivity index (χ1v) is 8.21. The van der Waals surface area contributed by atoms with Gasteiger partial charge in [-0.25, -0.2) is 0 Å². The number of nitrogens with zero attached hydrogens (tertiary/aromatic N) is 1. The fourth-order valence-corrected chi connectivity index (χ4v) is 3.37. The number of nitrogens with one attached hydrogen (secondary N) is 1. The molecule has 2 heterocycles. The lowest BCUT2D eigenvalue weighted by atomic mass is 9.88. The van der Waals surface area contributed by atoms with E-state index < -0.39 is 0 Å². The van der Waals surface area contributed by atoms with Crippen molar-refractivity contribution in [1.82, 2.24) is 9.88 Å². The van der Waals surface area contributed by atoms with E-state index in [1.807, 2.05) is 17.0 Å². The molecule has 0 spiro atoms. The molecule has 126 valence electrons. The summed E-state index contributed by atoms with van der Waals surface area (Å²) in [5.74, 6) is 0.421. The minimum Gasteiger partial charge on any atom is -0.491 e. The molecule has 1 fully saturated rings. The van der Waals surface area contributed by atoms with Gasteiger partial charge in [-0.2, -0.15) is 0 Å². The van der Waals surface area contributed by atoms with E-state index in [1.165, 1.54) is 30.5 Å². The van der Waals surface area contributed by atoms with Crippen LogP contribution >= 0.6 is 0 Å². The van der Waals surface area contributed by atoms with Gasteiger partial charge < -0.3 is 14.6 Å². The minimum absolute atomic E-state index is 0.131. The lowest BCUT2D eigenvalue weighted by Gasteiger charge is -2.33. The first-order chi connectivity index (χ1) is 11.6. The highest BCUT2D eigenvalue weighted by Gasteiger charge is 2.26. The molecule has 0 saturated carbocycles. The summed E-state index contributed by atoms with van der Waals surface area (Å²) in [7, 11) is 1.43. The topological polar surface area (TPSA) is 62.4 Å². The van der Waals surface area contributed by atoms with Crippen LogP contribution in [0, 0.1) is 6.92 Å². The summed E-state index contributed by atoms with van der Waals surface area (Å²) in [6, 6.07) is 9.65. The van der Waals surface area contributed by atoms with Gasteiger partial charge in [-0.1, -0.05) is 24.3 Å². The molecule has 0 radical (unpaired) electrons. The molecular formula is C19H22N2O3. The summed E-state index contributed by atoms with van der Waals surface area (Å²) in [5.41, 5.74) is 2.59. The summed E-state index contributed by atoms with van der Waals surface area (Å²) in [5, 5.41) is 0. The predicted octanol–water partition coefficient (Wildman–Crippen LogP) is 2.71. The maximum Gasteiger partial charge on any atom is 0.270 e. The van der Waals surface area contributed by atoms with Crippen LogP contribution in [0.4, 0.5) is 0 Å². The molecule has 3 rings (SSSR count). The Morgan fingerprint density at radius 3 is 2.83 bits per heavy atom. The molecule has 1 aromatic heterocycles. The number of hydrogen-bond donors (Lipinski definition) is 1. The quantitative estimate of drug-likeness (QED) is 0.943. The molecule has 0 bridgehead atoms. The number of aromatic nitrogens is 1. The zero-order valence-corrected chi connectivity index (χ0v) is 14.0. The van der Waals surface area contributed by atoms with E-state index >= 15 is 0 Å². The van der Waals surface area contributed by atoms with Crippen molar-refractivity contribution in [2.24, 2.45) is 0 Å². The van der Waals surface area contributed by atoms with E-state index in [9.17, 15) is 9.59 Å². The molecule has 1 saturated heterocycles. The standard InChI is InChI=1S/C19H22N2O3/c1-13-6-3-4-8-15(13)14-7-5-9-21(12-14)19(23)16-10-17(22)18(24-2)11-20-16/h3-4,6,8,10-11,14H,5,7,9,12H2,1-2H3,(H,20,22)/t14-/m1/s1. The number of pyridine rings is 1. The zero-order valence-electron chi connectivity index (χ0n) is 14.0. The van der Waals surface area contributed by atoms with Crippen LogP contribution in [0.15, 0.2) is 41.3 Å². The Balaban J connectivity index is 1.79. The monoisotopic (exact) mass is 326 g/mol. The summed E-state index contributed by atoms with van der Waals surface area (Å²) >= 11 is 0. The summed E-state index contributed by atoms with van der Waals surface area (Å²) in [4.78, 5) is 29.3. The number of amides is 1. The molecule has 5 heteroatoms. The second-order valence-electron chi connectivity index (χ2n) is 6.23. The SMILES string of the molecule is COc1c[nH]c(C(=O)N2CCC[C@@H](c3ccccc3C)C2)cc1=O. The van der Waals surface area contributed by atoms with Crippen LogP contribution in [0.3, 0.4) is 0 Å². The number of carbonyl (C=O) groups is 1. The van der Waals surface area contributed by atoms with Crippen LogP contribution in [0.25, 0.3) is 0 Å². The van der Waals surface area contributed by atoms with Crippen molar-refractivity contribution in [1.29, 1.82) is 0 Å². The van der Waals surface area contributed by atoms with Gasteiger partial charge in [-0.3, -0.25) is 9.59 Å². The predicted molar refractivity (Wildman–Crippen MR) is 92.7 cm³/mol. The Hall–Kier alpha value is -2.56. The molecule has 0 aliphatic carbocycles. The molecule has 24 heavy (non-hydrogen) atoms. The molecule has 1 amide bonds. The zero-order chi connectivity index (χ0) is 17.1. The Kier molecular flexibility index (Phi) is 4.69. The fraction of sp³-hybridized carbons (Fsp3) is 0.368. The number of aryl methyl sites for hydroxylation is 1. The molecule has 1 N–H and O–H groups in total. The Morgan fingerprint density at radius 2 is 2.12 bits per heavy atom. The van der Waals surface area contributed by atoms with E-state index in [0.717, 1.165) is 19.4 Å². The molecule has 5 nitrogen and oxygen atoms in total. The fourth-order valence-electron chi connectivity index (χ4n) is 3.37. The number of likely N-dealkylation sites (tertiary alicyclic amines) is 1. The number of hydrogen-bond acceptors (Lipinski definition) is 3. The number of benzene rings is 1. The van der Waals surface area contributed by atoms with Crippen LogP contribution in [-0.4, -0.2) is 36.0 Å². The van der Waals surface area contributed by atoms with Crippen molar-refractivity contribution in [2.75, 3.05) is 20.2 Å². The van der Waals surface area contributed by atoms with Gasteiger partial charge in [-0.05, 0) is 30.9 Å². The van der Waals surface area contributed by atoms with Crippen LogP contribution in [0.5, 0.6) is 5.75 Å². The summed E-state index contributed by atoms with van der Waals surface area (Å²) in [6.45, 7) is 3.50. The minimum atomic E-state index is -0.285. The van der Waals surface area contributed by atoms with Gasteiger partial charge in [0.15, 0.2) is 5.75 Å². The number of H-pyrrole nitrogens is 1. The lowest BCUT2D eigenvalue weighted by Crippen LogP contribution is -2.39. The largest absolute Gasteiger partial charge is 0.491 e. The van der Waals surface area contributed by atoms with Crippen molar-refractivity contribution in [3.8, 4) is 5.75 Å². The molecular weight excluding hydrogens is 304 g/mol. The molecule has 1 aromatic carbocycles. The second kappa shape index (κ2) is 6.91. The highest BCUT2D eigenvalue weighted by atomic mass is 16.5. The molecule has 1 atom stereocenters. The lowest BCUT2D eigenvalue weighted by molar-refractivity contribution is 0.0700. The van der Waals surface area contributed by atoms with Crippen molar-refractivity contribution in [3.63, 3.8) is 0 Å². The number of piperidine rings is 1. The number of carbonyl (C=O) groups excluding carboxylic acids is 1. The van der Waals surface area contributed by atoms with E-state index in [1.54, 1.807) is 0 Å². The van der Waals surface area contributed by atoms with Crippen molar-refractivity contribution in [2.45, 2.75) is 25.7 Å². The van der Waals surface area contributed by atoms with Crippen molar-refractivity contribution >= 4 is 5.91 Å². The number of ether oxygens (including phenoxy) is 1. The number of rotatable bonds is 3. The summed E-state index contributed by atoms with van der Waals surface area (Å²) < 4.78 is 4.94. The van der Waals surface area contributed by atoms with Gasteiger partial charge in [0.1, 0.15) is 5.69 Å². The number of methoxy groups -OCH3 is 1. The van der Waals surface area contributed by atoms with E-state index in [0.29, 0.717) is 18.2 Å². The summed E-state index contributed by atoms with van der Waals surface area (Å²) in [6.07, 6.45) is 3.48. The van der Waals surface area contributed by atoms with Gasteiger partial charge >= 0.3 is 0 Å². The third kappa shape index (κ3) is 3.20. The van der Waals surface area contributed by atoms with Crippen molar-refractivity contribution in [3.05, 3.63) is 63.6 Å². The van der Waals surface area contributed by atoms with Gasteiger partial charge in [0.25, 0.3) is 5.91 Å². The van der Waals surface area contributed by atoms with Crippen LogP contribution in [0.2, 0.25) is 0 Å². The Morgan fingerprint density at radius 1 is 1.33 bits per heavy atom. The Labute approximate surface area is 141 Å². The average molecular weight is 326 g/mol. The maximum atomic E-state index is 12.7. The highest BCUT2D eigenvalue weighted by Crippen LogP contribution is 2.29. The van der Waals surface area contributed by atoms with Crippen LogP contribution in [-0.2, 0) is 0 Å². The first-order valence-electron chi connectivity index (χ1n) is 8.21. The average Bonchev–Trinajstić information content (AvgIpc) is 2.61. The van der Waals surface area contributed by atoms with Crippen LogP contribution < -0.4 is 10.2 Å². The van der Waals surface area contributed by atoms with Gasteiger partial charge in [-0.15, -0.1) is 0 Å². The Bertz CT molecular complexity index is 797. The molecule has 0 unspecified atom stereocenters. The highest BCUT2D eigenvalue weighted by molar-refractivity contribution is 5.92. The van der Waals surface area contributed by atoms with E-state index in [-0.39, 0.29) is 17.1 Å². The second-order valence-corrected chi connectivity index (χ2v) is 6.23. The van der Waals surface area contributed by atoms with E-state index in [4.69, 9.17) is 4.74 Å². The smallest absolute Gasteiger partial charge is 0.270 e. The van der Waals surface area contributed by atoms with Gasteiger partial charge in [0.05, 0.1) is 7.11 Å². The third-order valence-corrected chi connectivity index (χ3v) is 4.66. The molecule has 1 aliphatic heterocycles. The third-order valence-electron chi connectivity index (χ3n) is 4.66. The van der Waals surface area contributed by atoms with Gasteiger partial charge in [0, 0.05) is 31.3 Å². The normalized spacial score (nSPS) is 17.6. The number of aromatic amines is 1. The van der Waals surface area contributed by atoms with E-state index in [2.05, 4.69) is 24.0 Å². The van der Waals surface area contributed by atoms with Crippen molar-refractivity contribution < 1.29 is 9.53 Å². The first kappa shape index (κ1) is 16.3. The maximum absolute atomic E-state index is 12.7.